The number of aromatic amines is 1. The van der Waals surface area contributed by atoms with Crippen LogP contribution < -0.4 is 11.2 Å². The van der Waals surface area contributed by atoms with Gasteiger partial charge in [0, 0.05) is 6.20 Å². The highest BCUT2D eigenvalue weighted by molar-refractivity contribution is 7.11. The number of hydrogen-bond acceptors (Lipinski definition) is 6. The Labute approximate surface area is 181 Å². The van der Waals surface area contributed by atoms with E-state index in [9.17, 15) is 23.9 Å². The van der Waals surface area contributed by atoms with E-state index in [0.29, 0.717) is 16.3 Å². The van der Waals surface area contributed by atoms with Gasteiger partial charge in [-0.15, -0.1) is 11.3 Å². The second-order valence-corrected chi connectivity index (χ2v) is 9.27. The highest BCUT2D eigenvalue weighted by Crippen LogP contribution is 2.31. The molecule has 2 heterocycles. The third kappa shape index (κ3) is 4.67. The monoisotopic (exact) mass is 445 g/mol. The highest BCUT2D eigenvalue weighted by atomic mass is 32.1. The summed E-state index contributed by atoms with van der Waals surface area (Å²) in [6, 6.07) is 2.66. The summed E-state index contributed by atoms with van der Waals surface area (Å²) in [5.41, 5.74) is -1.10. The van der Waals surface area contributed by atoms with E-state index in [2.05, 4.69) is 9.97 Å². The number of nitrogens with zero attached hydrogens (tertiary/aromatic N) is 2. The van der Waals surface area contributed by atoms with Crippen LogP contribution in [0, 0.1) is 11.7 Å². The summed E-state index contributed by atoms with van der Waals surface area (Å²) in [6.07, 6.45) is 7.04. The van der Waals surface area contributed by atoms with Crippen LogP contribution in [0.25, 0.3) is 10.9 Å². The summed E-state index contributed by atoms with van der Waals surface area (Å²) in [5.74, 6) is -0.632. The highest BCUT2D eigenvalue weighted by Gasteiger charge is 2.29. The number of halogens is 1. The number of carbonyl (C=O) groups excluding carboxylic acids is 1. The molecule has 7 nitrogen and oxygen atoms in total. The van der Waals surface area contributed by atoms with E-state index in [1.54, 1.807) is 0 Å². The van der Waals surface area contributed by atoms with Gasteiger partial charge in [-0.05, 0) is 30.5 Å². The maximum atomic E-state index is 13.8. The average Bonchev–Trinajstić information content (AvgIpc) is 3.22. The fraction of sp³-hybridized carbons (Fsp3) is 0.455. The van der Waals surface area contributed by atoms with E-state index in [4.69, 9.17) is 0 Å². The number of thiazole rings is 1. The Hall–Kier alpha value is -2.65. The standard InChI is InChI=1S/C22H24FN3O4S/c23-14-6-7-17-16(9-14)21(29)26(22(30)25-17)18(8-13-4-2-1-3-5-13)19(28)10-20-24-11-15(12-27)31-20/h6-7,9,11,13,18,27H,1-5,8,10,12H2,(H,25,30). The van der Waals surface area contributed by atoms with Crippen molar-refractivity contribution in [1.82, 2.24) is 14.5 Å². The van der Waals surface area contributed by atoms with Gasteiger partial charge < -0.3 is 10.1 Å². The number of carbonyl (C=O) groups is 1. The van der Waals surface area contributed by atoms with E-state index in [1.807, 2.05) is 0 Å². The van der Waals surface area contributed by atoms with Gasteiger partial charge in [-0.25, -0.2) is 18.7 Å². The average molecular weight is 446 g/mol. The minimum Gasteiger partial charge on any atom is -0.391 e. The molecule has 9 heteroatoms. The first-order valence-electron chi connectivity index (χ1n) is 10.5. The van der Waals surface area contributed by atoms with Gasteiger partial charge in [0.2, 0.25) is 0 Å². The van der Waals surface area contributed by atoms with Crippen molar-refractivity contribution in [3.05, 3.63) is 60.9 Å². The number of aliphatic hydroxyl groups excluding tert-OH is 1. The lowest BCUT2D eigenvalue weighted by Crippen LogP contribution is -2.42. The second kappa shape index (κ2) is 9.23. The lowest BCUT2D eigenvalue weighted by molar-refractivity contribution is -0.122. The molecule has 31 heavy (non-hydrogen) atoms. The van der Waals surface area contributed by atoms with Crippen LogP contribution in [0.1, 0.15) is 54.5 Å². The molecule has 0 amide bonds. The van der Waals surface area contributed by atoms with E-state index in [-0.39, 0.29) is 35.6 Å². The molecule has 1 aromatic carbocycles. The summed E-state index contributed by atoms with van der Waals surface area (Å²) in [4.78, 5) is 46.8. The molecule has 1 atom stereocenters. The molecule has 1 aliphatic carbocycles. The van der Waals surface area contributed by atoms with Crippen LogP contribution in [0.4, 0.5) is 4.39 Å². The number of fused-ring (bicyclic) bond motifs is 1. The Morgan fingerprint density at radius 1 is 1.29 bits per heavy atom. The molecule has 0 bridgehead atoms. The van der Waals surface area contributed by atoms with E-state index >= 15 is 0 Å². The molecule has 164 valence electrons. The largest absolute Gasteiger partial charge is 0.391 e. The van der Waals surface area contributed by atoms with Crippen molar-refractivity contribution in [2.45, 2.75) is 57.6 Å². The number of rotatable bonds is 7. The quantitative estimate of drug-likeness (QED) is 0.581. The van der Waals surface area contributed by atoms with E-state index in [0.717, 1.165) is 42.7 Å². The number of ketones is 1. The van der Waals surface area contributed by atoms with E-state index in [1.165, 1.54) is 29.7 Å². The summed E-state index contributed by atoms with van der Waals surface area (Å²) in [5, 5.41) is 9.81. The number of H-pyrrole nitrogens is 1. The van der Waals surface area contributed by atoms with Gasteiger partial charge in [0.15, 0.2) is 5.78 Å². The normalized spacial score (nSPS) is 15.9. The SMILES string of the molecule is O=C(Cc1ncc(CO)s1)C(CC1CCCCC1)n1c(=O)[nH]c2ccc(F)cc2c1=O. The van der Waals surface area contributed by atoms with Crippen LogP contribution in [0.5, 0.6) is 0 Å². The van der Waals surface area contributed by atoms with Crippen molar-refractivity contribution in [2.24, 2.45) is 5.92 Å². The first-order valence-corrected chi connectivity index (χ1v) is 11.3. The molecular formula is C22H24FN3O4S. The van der Waals surface area contributed by atoms with Crippen LogP contribution in [-0.4, -0.2) is 25.4 Å². The Morgan fingerprint density at radius 3 is 2.77 bits per heavy atom. The van der Waals surface area contributed by atoms with Crippen LogP contribution in [0.15, 0.2) is 34.0 Å². The molecule has 4 rings (SSSR count). The molecule has 1 unspecified atom stereocenters. The summed E-state index contributed by atoms with van der Waals surface area (Å²) in [6.45, 7) is -0.160. The molecule has 1 aliphatic rings. The van der Waals surface area contributed by atoms with Crippen molar-refractivity contribution >= 4 is 28.0 Å². The van der Waals surface area contributed by atoms with Crippen molar-refractivity contribution < 1.29 is 14.3 Å². The maximum absolute atomic E-state index is 13.8. The molecule has 2 N–H and O–H groups in total. The first-order chi connectivity index (χ1) is 15.0. The third-order valence-corrected chi connectivity index (χ3v) is 6.92. The zero-order chi connectivity index (χ0) is 22.0. The van der Waals surface area contributed by atoms with Gasteiger partial charge in [-0.2, -0.15) is 0 Å². The number of hydrogen-bond donors (Lipinski definition) is 2. The maximum Gasteiger partial charge on any atom is 0.329 e. The van der Waals surface area contributed by atoms with E-state index < -0.39 is 23.1 Å². The summed E-state index contributed by atoms with van der Waals surface area (Å²) in [7, 11) is 0. The summed E-state index contributed by atoms with van der Waals surface area (Å²) >= 11 is 1.23. The number of nitrogens with one attached hydrogen (secondary N) is 1. The fourth-order valence-corrected chi connectivity index (χ4v) is 5.16. The van der Waals surface area contributed by atoms with Crippen LogP contribution in [-0.2, 0) is 17.8 Å². The third-order valence-electron chi connectivity index (χ3n) is 5.94. The predicted molar refractivity (Wildman–Crippen MR) is 116 cm³/mol. The molecule has 1 saturated carbocycles. The number of aromatic nitrogens is 3. The van der Waals surface area contributed by atoms with Crippen molar-refractivity contribution in [3.8, 4) is 0 Å². The Kier molecular flexibility index (Phi) is 6.43. The summed E-state index contributed by atoms with van der Waals surface area (Å²) < 4.78 is 14.7. The van der Waals surface area contributed by atoms with Gasteiger partial charge in [0.25, 0.3) is 5.56 Å². The van der Waals surface area contributed by atoms with Crippen molar-refractivity contribution in [3.63, 3.8) is 0 Å². The minimum absolute atomic E-state index is 0.0326. The molecule has 3 aromatic rings. The van der Waals surface area contributed by atoms with Gasteiger partial charge in [0.1, 0.15) is 16.9 Å². The molecule has 0 radical (unpaired) electrons. The zero-order valence-corrected chi connectivity index (χ0v) is 17.8. The molecule has 0 aliphatic heterocycles. The molecular weight excluding hydrogens is 421 g/mol. The Morgan fingerprint density at radius 2 is 2.06 bits per heavy atom. The van der Waals surface area contributed by atoms with Gasteiger partial charge >= 0.3 is 5.69 Å². The topological polar surface area (TPSA) is 105 Å². The van der Waals surface area contributed by atoms with Crippen molar-refractivity contribution in [1.29, 1.82) is 0 Å². The van der Waals surface area contributed by atoms with Crippen molar-refractivity contribution in [2.75, 3.05) is 0 Å². The fourth-order valence-electron chi connectivity index (χ4n) is 4.37. The minimum atomic E-state index is -0.950. The van der Waals surface area contributed by atoms with Crippen LogP contribution in [0.3, 0.4) is 0 Å². The Bertz CT molecular complexity index is 1210. The number of Topliss-reactive ketones (excluding diaryl/α,β-unsaturated/α-hetero) is 1. The molecule has 2 aromatic heterocycles. The smallest absolute Gasteiger partial charge is 0.329 e. The van der Waals surface area contributed by atoms with Gasteiger partial charge in [-0.1, -0.05) is 32.1 Å². The predicted octanol–water partition coefficient (Wildman–Crippen LogP) is 3.10. The van der Waals surface area contributed by atoms with Gasteiger partial charge in [0.05, 0.1) is 28.8 Å². The molecule has 1 fully saturated rings. The number of benzene rings is 1. The number of aliphatic hydroxyl groups is 1. The molecule has 0 spiro atoms. The van der Waals surface area contributed by atoms with Crippen LogP contribution in [0.2, 0.25) is 0 Å². The molecule has 0 saturated heterocycles. The van der Waals surface area contributed by atoms with Gasteiger partial charge in [-0.3, -0.25) is 9.59 Å². The first kappa shape index (κ1) is 21.6. The lowest BCUT2D eigenvalue weighted by Gasteiger charge is -2.26. The Balaban J connectivity index is 1.75. The lowest BCUT2D eigenvalue weighted by atomic mass is 9.83. The second-order valence-electron chi connectivity index (χ2n) is 8.07. The van der Waals surface area contributed by atoms with Crippen LogP contribution >= 0.6 is 11.3 Å². The zero-order valence-electron chi connectivity index (χ0n) is 17.0.